The highest BCUT2D eigenvalue weighted by molar-refractivity contribution is 7.89. The summed E-state index contributed by atoms with van der Waals surface area (Å²) in [6.07, 6.45) is 0. The summed E-state index contributed by atoms with van der Waals surface area (Å²) in [6.45, 7) is 5.46. The summed E-state index contributed by atoms with van der Waals surface area (Å²) in [5.74, 6) is -0.412. The maximum Gasteiger partial charge on any atom is 0.243 e. The molecule has 0 aromatic heterocycles. The maximum absolute atomic E-state index is 13.3. The van der Waals surface area contributed by atoms with Gasteiger partial charge in [-0.05, 0) is 62.2 Å². The molecule has 0 heterocycles. The number of hydrogen-bond donors (Lipinski definition) is 1. The Morgan fingerprint density at radius 1 is 0.935 bits per heavy atom. The van der Waals surface area contributed by atoms with Gasteiger partial charge in [0, 0.05) is 17.3 Å². The van der Waals surface area contributed by atoms with Gasteiger partial charge in [-0.25, -0.2) is 8.42 Å². The second-order valence-electron chi connectivity index (χ2n) is 7.58. The van der Waals surface area contributed by atoms with Gasteiger partial charge in [-0.3, -0.25) is 4.79 Å². The molecule has 1 N–H and O–H groups in total. The summed E-state index contributed by atoms with van der Waals surface area (Å²) in [5, 5.41) is 3.33. The molecule has 0 radical (unpaired) electrons. The third kappa shape index (κ3) is 5.94. The highest BCUT2D eigenvalue weighted by Crippen LogP contribution is 2.21. The maximum atomic E-state index is 13.3. The number of aryl methyl sites for hydroxylation is 3. The molecule has 7 heteroatoms. The fourth-order valence-corrected chi connectivity index (χ4v) is 4.83. The van der Waals surface area contributed by atoms with E-state index in [1.807, 2.05) is 39.0 Å². The normalized spacial score (nSPS) is 11.5. The third-order valence-electron chi connectivity index (χ3n) is 4.88. The minimum absolute atomic E-state index is 0.0249. The van der Waals surface area contributed by atoms with Crippen molar-refractivity contribution in [3.8, 4) is 0 Å². The second-order valence-corrected chi connectivity index (χ2v) is 9.96. The van der Waals surface area contributed by atoms with Gasteiger partial charge in [-0.1, -0.05) is 59.1 Å². The Balaban J connectivity index is 1.89. The number of anilines is 1. The Kier molecular flexibility index (Phi) is 7.15. The van der Waals surface area contributed by atoms with Gasteiger partial charge in [0.05, 0.1) is 11.4 Å². The van der Waals surface area contributed by atoms with Gasteiger partial charge in [0.2, 0.25) is 15.9 Å². The Morgan fingerprint density at radius 2 is 1.61 bits per heavy atom. The van der Waals surface area contributed by atoms with Crippen molar-refractivity contribution in [3.63, 3.8) is 0 Å². The molecule has 3 aromatic rings. The lowest BCUT2D eigenvalue weighted by atomic mass is 10.1. The smallest absolute Gasteiger partial charge is 0.243 e. The lowest BCUT2D eigenvalue weighted by molar-refractivity contribution is -0.116. The lowest BCUT2D eigenvalue weighted by Crippen LogP contribution is -2.37. The zero-order valence-corrected chi connectivity index (χ0v) is 19.3. The van der Waals surface area contributed by atoms with E-state index < -0.39 is 15.9 Å². The van der Waals surface area contributed by atoms with Gasteiger partial charge >= 0.3 is 0 Å². The number of nitrogens with one attached hydrogen (secondary N) is 1. The van der Waals surface area contributed by atoms with Crippen molar-refractivity contribution in [3.05, 3.63) is 94.0 Å². The molecule has 1 amide bonds. The van der Waals surface area contributed by atoms with Crippen LogP contribution in [0, 0.1) is 20.8 Å². The number of carbonyl (C=O) groups is 1. The Morgan fingerprint density at radius 3 is 2.26 bits per heavy atom. The molecule has 0 spiro atoms. The molecule has 0 saturated heterocycles. The zero-order chi connectivity index (χ0) is 22.6. The Hall–Kier alpha value is -2.67. The van der Waals surface area contributed by atoms with Crippen LogP contribution < -0.4 is 5.32 Å². The molecule has 0 aliphatic carbocycles. The summed E-state index contributed by atoms with van der Waals surface area (Å²) in [6, 6.07) is 19.2. The first-order chi connectivity index (χ1) is 14.6. The van der Waals surface area contributed by atoms with E-state index in [0.717, 1.165) is 16.7 Å². The van der Waals surface area contributed by atoms with E-state index in [1.54, 1.807) is 48.5 Å². The molecule has 3 aromatic carbocycles. The zero-order valence-electron chi connectivity index (χ0n) is 17.7. The Labute approximate surface area is 188 Å². The first-order valence-electron chi connectivity index (χ1n) is 9.83. The van der Waals surface area contributed by atoms with E-state index >= 15 is 0 Å². The first kappa shape index (κ1) is 23.0. The van der Waals surface area contributed by atoms with Crippen LogP contribution in [0.4, 0.5) is 5.69 Å². The highest BCUT2D eigenvalue weighted by Gasteiger charge is 2.27. The predicted octanol–water partition coefficient (Wildman–Crippen LogP) is 5.09. The number of amides is 1. The standard InChI is InChI=1S/C24H25ClN2O3S/c1-17-7-10-22(11-8-17)31(29,30)27(15-20-5-4-6-21(25)14-20)16-24(28)26-23-12-9-18(2)13-19(23)3/h4-14H,15-16H2,1-3H3,(H,26,28). The molecule has 0 aliphatic rings. The molecule has 0 aliphatic heterocycles. The van der Waals surface area contributed by atoms with Gasteiger partial charge in [0.1, 0.15) is 0 Å². The van der Waals surface area contributed by atoms with Gasteiger partial charge in [-0.2, -0.15) is 4.31 Å². The van der Waals surface area contributed by atoms with E-state index in [9.17, 15) is 13.2 Å². The van der Waals surface area contributed by atoms with Gasteiger partial charge in [0.25, 0.3) is 0 Å². The number of benzene rings is 3. The van der Waals surface area contributed by atoms with E-state index in [-0.39, 0.29) is 18.0 Å². The van der Waals surface area contributed by atoms with Crippen molar-refractivity contribution >= 4 is 33.2 Å². The van der Waals surface area contributed by atoms with Crippen molar-refractivity contribution in [1.82, 2.24) is 4.31 Å². The fourth-order valence-electron chi connectivity index (χ4n) is 3.23. The summed E-state index contributed by atoms with van der Waals surface area (Å²) >= 11 is 6.07. The van der Waals surface area contributed by atoms with Crippen molar-refractivity contribution in [2.24, 2.45) is 0 Å². The fraction of sp³-hybridized carbons (Fsp3) is 0.208. The summed E-state index contributed by atoms with van der Waals surface area (Å²) < 4.78 is 27.9. The van der Waals surface area contributed by atoms with Crippen molar-refractivity contribution in [2.45, 2.75) is 32.2 Å². The Bertz CT molecular complexity index is 1190. The monoisotopic (exact) mass is 456 g/mol. The number of carbonyl (C=O) groups excluding carboxylic acids is 1. The van der Waals surface area contributed by atoms with Crippen LogP contribution in [0.3, 0.4) is 0 Å². The summed E-state index contributed by atoms with van der Waals surface area (Å²) in [5.41, 5.74) is 4.30. The van der Waals surface area contributed by atoms with E-state index in [2.05, 4.69) is 5.32 Å². The molecule has 3 rings (SSSR count). The summed E-state index contributed by atoms with van der Waals surface area (Å²) in [7, 11) is -3.90. The molecule has 0 atom stereocenters. The third-order valence-corrected chi connectivity index (χ3v) is 6.92. The number of nitrogens with zero attached hydrogens (tertiary/aromatic N) is 1. The number of halogens is 1. The van der Waals surface area contributed by atoms with Crippen LogP contribution in [0.2, 0.25) is 5.02 Å². The highest BCUT2D eigenvalue weighted by atomic mass is 35.5. The van der Waals surface area contributed by atoms with Gasteiger partial charge < -0.3 is 5.32 Å². The van der Waals surface area contributed by atoms with Gasteiger partial charge in [0.15, 0.2) is 0 Å². The number of hydrogen-bond acceptors (Lipinski definition) is 3. The van der Waals surface area contributed by atoms with Crippen molar-refractivity contribution in [1.29, 1.82) is 0 Å². The minimum Gasteiger partial charge on any atom is -0.325 e. The van der Waals surface area contributed by atoms with Crippen LogP contribution in [-0.4, -0.2) is 25.2 Å². The van der Waals surface area contributed by atoms with E-state index in [0.29, 0.717) is 16.3 Å². The molecule has 0 bridgehead atoms. The molecule has 0 fully saturated rings. The molecule has 31 heavy (non-hydrogen) atoms. The quantitative estimate of drug-likeness (QED) is 0.538. The molecule has 0 saturated carbocycles. The van der Waals surface area contributed by atoms with E-state index in [1.165, 1.54) is 4.31 Å². The van der Waals surface area contributed by atoms with Crippen LogP contribution in [0.5, 0.6) is 0 Å². The first-order valence-corrected chi connectivity index (χ1v) is 11.7. The van der Waals surface area contributed by atoms with Crippen LogP contribution in [0.15, 0.2) is 71.6 Å². The second kappa shape index (κ2) is 9.64. The molecule has 5 nitrogen and oxygen atoms in total. The summed E-state index contributed by atoms with van der Waals surface area (Å²) in [4.78, 5) is 12.9. The molecule has 0 unspecified atom stereocenters. The number of rotatable bonds is 7. The van der Waals surface area contributed by atoms with Crippen LogP contribution >= 0.6 is 11.6 Å². The average Bonchev–Trinajstić information content (AvgIpc) is 2.70. The van der Waals surface area contributed by atoms with Gasteiger partial charge in [-0.15, -0.1) is 0 Å². The topological polar surface area (TPSA) is 66.5 Å². The SMILES string of the molecule is Cc1ccc(S(=O)(=O)N(CC(=O)Nc2ccc(C)cc2C)Cc2cccc(Cl)c2)cc1. The average molecular weight is 457 g/mol. The predicted molar refractivity (Wildman–Crippen MR) is 125 cm³/mol. The van der Waals surface area contributed by atoms with E-state index in [4.69, 9.17) is 11.6 Å². The molecular weight excluding hydrogens is 432 g/mol. The largest absolute Gasteiger partial charge is 0.325 e. The van der Waals surface area contributed by atoms with Crippen molar-refractivity contribution < 1.29 is 13.2 Å². The van der Waals surface area contributed by atoms with Crippen LogP contribution in [0.1, 0.15) is 22.3 Å². The van der Waals surface area contributed by atoms with Crippen LogP contribution in [-0.2, 0) is 21.4 Å². The minimum atomic E-state index is -3.90. The molecular formula is C24H25ClN2O3S. The van der Waals surface area contributed by atoms with Crippen molar-refractivity contribution in [2.75, 3.05) is 11.9 Å². The number of sulfonamides is 1. The molecule has 162 valence electrons. The lowest BCUT2D eigenvalue weighted by Gasteiger charge is -2.22. The van der Waals surface area contributed by atoms with Crippen LogP contribution in [0.25, 0.3) is 0 Å².